The second kappa shape index (κ2) is 8.80. The Morgan fingerprint density at radius 2 is 1.71 bits per heavy atom. The number of nitrogens with zero attached hydrogens (tertiary/aromatic N) is 3. The van der Waals surface area contributed by atoms with Crippen LogP contribution in [0.25, 0.3) is 10.9 Å². The first-order chi connectivity index (χ1) is 15.1. The third kappa shape index (κ3) is 4.06. The van der Waals surface area contributed by atoms with Gasteiger partial charge in [-0.1, -0.05) is 36.4 Å². The number of benzene rings is 2. The van der Waals surface area contributed by atoms with Crippen LogP contribution < -0.4 is 0 Å². The minimum atomic E-state index is 0.735. The zero-order valence-electron chi connectivity index (χ0n) is 19.5. The van der Waals surface area contributed by atoms with Crippen molar-refractivity contribution >= 4 is 10.9 Å². The summed E-state index contributed by atoms with van der Waals surface area (Å²) in [7, 11) is 6.72. The Balaban J connectivity index is 1.48. The molecule has 0 radical (unpaired) electrons. The van der Waals surface area contributed by atoms with E-state index in [1.54, 1.807) is 22.3 Å². The third-order valence-corrected chi connectivity index (χ3v) is 7.86. The molecule has 1 aliphatic carbocycles. The average Bonchev–Trinajstić information content (AvgIpc) is 3.06. The number of hydrogen-bond acceptors (Lipinski definition) is 2. The van der Waals surface area contributed by atoms with Gasteiger partial charge in [-0.2, -0.15) is 0 Å². The molecule has 0 N–H and O–H groups in total. The fourth-order valence-corrected chi connectivity index (χ4v) is 5.95. The monoisotopic (exact) mass is 415 g/mol. The first-order valence-electron chi connectivity index (χ1n) is 12.2. The van der Waals surface area contributed by atoms with Crippen molar-refractivity contribution in [2.24, 2.45) is 7.05 Å². The molecule has 2 heterocycles. The van der Waals surface area contributed by atoms with Crippen LogP contribution in [-0.2, 0) is 32.9 Å². The maximum Gasteiger partial charge on any atom is 0.0483 e. The van der Waals surface area contributed by atoms with Gasteiger partial charge in [0.05, 0.1) is 0 Å². The molecule has 1 fully saturated rings. The number of aryl methyl sites for hydroxylation is 2. The predicted molar refractivity (Wildman–Crippen MR) is 131 cm³/mol. The zero-order chi connectivity index (χ0) is 21.4. The van der Waals surface area contributed by atoms with Crippen molar-refractivity contribution < 1.29 is 0 Å². The van der Waals surface area contributed by atoms with Gasteiger partial charge in [0, 0.05) is 42.7 Å². The summed E-state index contributed by atoms with van der Waals surface area (Å²) < 4.78 is 2.47. The Bertz CT molecular complexity index is 1050. The summed E-state index contributed by atoms with van der Waals surface area (Å²) >= 11 is 0. The van der Waals surface area contributed by atoms with E-state index in [1.807, 2.05) is 0 Å². The standard InChI is InChI=1S/C28H37N3/c1-29(2)23-15-17-31(18-16-23)20-26-25-13-6-7-14-27(25)30(3)28(26)19-22-11-8-10-21-9-4-5-12-24(21)22/h6-8,10-11,13-14,23H,4-5,9,12,15-20H2,1-3H3. The lowest BCUT2D eigenvalue weighted by Gasteiger charge is -2.35. The molecular formula is C28H37N3. The Labute approximate surface area is 187 Å². The van der Waals surface area contributed by atoms with Crippen molar-refractivity contribution in [3.63, 3.8) is 0 Å². The summed E-state index contributed by atoms with van der Waals surface area (Å²) in [5.74, 6) is 0. The van der Waals surface area contributed by atoms with Gasteiger partial charge in [0.1, 0.15) is 0 Å². The van der Waals surface area contributed by atoms with Crippen molar-refractivity contribution in [3.8, 4) is 0 Å². The predicted octanol–water partition coefficient (Wildman–Crippen LogP) is 5.17. The number of rotatable bonds is 5. The molecule has 0 saturated carbocycles. The molecule has 31 heavy (non-hydrogen) atoms. The van der Waals surface area contributed by atoms with E-state index >= 15 is 0 Å². The number of para-hydroxylation sites is 1. The van der Waals surface area contributed by atoms with Crippen molar-refractivity contribution in [2.45, 2.75) is 57.5 Å². The SMILES string of the molecule is CN(C)C1CCN(Cc2c(Cc3cccc4c3CCCC4)n(C)c3ccccc23)CC1. The highest BCUT2D eigenvalue weighted by atomic mass is 15.2. The van der Waals surface area contributed by atoms with Crippen LogP contribution in [0.2, 0.25) is 0 Å². The van der Waals surface area contributed by atoms with Crippen molar-refractivity contribution in [3.05, 3.63) is 70.4 Å². The van der Waals surface area contributed by atoms with Gasteiger partial charge < -0.3 is 9.47 Å². The maximum absolute atomic E-state index is 2.69. The lowest BCUT2D eigenvalue weighted by atomic mass is 9.86. The summed E-state index contributed by atoms with van der Waals surface area (Å²) in [6.45, 7) is 3.48. The molecule has 1 aromatic heterocycles. The first-order valence-corrected chi connectivity index (χ1v) is 12.2. The number of fused-ring (bicyclic) bond motifs is 2. The fraction of sp³-hybridized carbons (Fsp3) is 0.500. The number of piperidine rings is 1. The summed E-state index contributed by atoms with van der Waals surface area (Å²) in [6, 6.07) is 16.8. The summed E-state index contributed by atoms with van der Waals surface area (Å²) in [5, 5.41) is 1.44. The largest absolute Gasteiger partial charge is 0.347 e. The van der Waals surface area contributed by atoms with Crippen LogP contribution in [0.4, 0.5) is 0 Å². The molecule has 0 bridgehead atoms. The molecule has 3 heteroatoms. The second-order valence-electron chi connectivity index (χ2n) is 9.91. The van der Waals surface area contributed by atoms with Gasteiger partial charge in [-0.15, -0.1) is 0 Å². The average molecular weight is 416 g/mol. The van der Waals surface area contributed by atoms with E-state index < -0.39 is 0 Å². The van der Waals surface area contributed by atoms with Crippen LogP contribution in [0.3, 0.4) is 0 Å². The minimum Gasteiger partial charge on any atom is -0.347 e. The highest BCUT2D eigenvalue weighted by molar-refractivity contribution is 5.85. The molecule has 2 aromatic carbocycles. The van der Waals surface area contributed by atoms with E-state index in [0.29, 0.717) is 0 Å². The first kappa shape index (κ1) is 20.8. The zero-order valence-corrected chi connectivity index (χ0v) is 19.5. The van der Waals surface area contributed by atoms with E-state index in [9.17, 15) is 0 Å². The Morgan fingerprint density at radius 3 is 2.52 bits per heavy atom. The van der Waals surface area contributed by atoms with Gasteiger partial charge in [0.2, 0.25) is 0 Å². The normalized spacial score (nSPS) is 18.1. The fourth-order valence-electron chi connectivity index (χ4n) is 5.95. The van der Waals surface area contributed by atoms with Crippen LogP contribution in [0.1, 0.15) is 53.6 Å². The molecule has 0 atom stereocenters. The molecule has 3 nitrogen and oxygen atoms in total. The number of likely N-dealkylation sites (tertiary alicyclic amines) is 1. The van der Waals surface area contributed by atoms with Gasteiger partial charge >= 0.3 is 0 Å². The van der Waals surface area contributed by atoms with Crippen LogP contribution in [0.5, 0.6) is 0 Å². The molecule has 5 rings (SSSR count). The van der Waals surface area contributed by atoms with Crippen molar-refractivity contribution in [1.82, 2.24) is 14.4 Å². The van der Waals surface area contributed by atoms with E-state index in [0.717, 1.165) is 19.0 Å². The van der Waals surface area contributed by atoms with Gasteiger partial charge in [0.15, 0.2) is 0 Å². The second-order valence-corrected chi connectivity index (χ2v) is 9.91. The smallest absolute Gasteiger partial charge is 0.0483 e. The van der Waals surface area contributed by atoms with E-state index in [1.165, 1.54) is 68.2 Å². The van der Waals surface area contributed by atoms with Crippen LogP contribution >= 0.6 is 0 Å². The Hall–Kier alpha value is -2.10. The maximum atomic E-state index is 2.69. The highest BCUT2D eigenvalue weighted by Crippen LogP contribution is 2.32. The lowest BCUT2D eigenvalue weighted by Crippen LogP contribution is -2.41. The Morgan fingerprint density at radius 1 is 0.935 bits per heavy atom. The van der Waals surface area contributed by atoms with Crippen molar-refractivity contribution in [1.29, 1.82) is 0 Å². The number of aromatic nitrogens is 1. The molecule has 2 aliphatic rings. The molecule has 3 aromatic rings. The van der Waals surface area contributed by atoms with Gasteiger partial charge in [-0.3, -0.25) is 4.90 Å². The molecule has 1 aliphatic heterocycles. The Kier molecular flexibility index (Phi) is 5.90. The van der Waals surface area contributed by atoms with Crippen LogP contribution in [0, 0.1) is 0 Å². The van der Waals surface area contributed by atoms with Crippen LogP contribution in [-0.4, -0.2) is 47.6 Å². The van der Waals surface area contributed by atoms with E-state index in [2.05, 4.69) is 78.0 Å². The highest BCUT2D eigenvalue weighted by Gasteiger charge is 2.24. The molecule has 0 amide bonds. The van der Waals surface area contributed by atoms with Crippen molar-refractivity contribution in [2.75, 3.05) is 27.2 Å². The topological polar surface area (TPSA) is 11.4 Å². The van der Waals surface area contributed by atoms with Gasteiger partial charge in [0.25, 0.3) is 0 Å². The molecule has 0 unspecified atom stereocenters. The van der Waals surface area contributed by atoms with E-state index in [-0.39, 0.29) is 0 Å². The third-order valence-electron chi connectivity index (χ3n) is 7.86. The molecule has 1 saturated heterocycles. The van der Waals surface area contributed by atoms with E-state index in [4.69, 9.17) is 0 Å². The molecular weight excluding hydrogens is 378 g/mol. The summed E-state index contributed by atoms with van der Waals surface area (Å²) in [5.41, 5.74) is 9.22. The number of hydrogen-bond donors (Lipinski definition) is 0. The van der Waals surface area contributed by atoms with Gasteiger partial charge in [-0.05, 0) is 94.0 Å². The summed E-state index contributed by atoms with van der Waals surface area (Å²) in [6.07, 6.45) is 8.80. The molecule has 0 spiro atoms. The summed E-state index contributed by atoms with van der Waals surface area (Å²) in [4.78, 5) is 5.09. The van der Waals surface area contributed by atoms with Gasteiger partial charge in [-0.25, -0.2) is 0 Å². The molecule has 164 valence electrons. The quantitative estimate of drug-likeness (QED) is 0.569. The van der Waals surface area contributed by atoms with Crippen LogP contribution in [0.15, 0.2) is 42.5 Å². The lowest BCUT2D eigenvalue weighted by molar-refractivity contribution is 0.140. The minimum absolute atomic E-state index is 0.735.